The van der Waals surface area contributed by atoms with Gasteiger partial charge in [-0.2, -0.15) is 26.3 Å². The van der Waals surface area contributed by atoms with E-state index in [1.165, 1.54) is 0 Å². The Balaban J connectivity index is 1.61. The van der Waals surface area contributed by atoms with E-state index in [-0.39, 0.29) is 48.3 Å². The Kier molecular flexibility index (Phi) is 7.68. The van der Waals surface area contributed by atoms with Crippen molar-refractivity contribution in [1.29, 1.82) is 0 Å². The van der Waals surface area contributed by atoms with Gasteiger partial charge in [0.1, 0.15) is 10.6 Å². The molecule has 0 bridgehead atoms. The van der Waals surface area contributed by atoms with Crippen LogP contribution in [-0.4, -0.2) is 43.9 Å². The molecule has 0 aromatic heterocycles. The molecule has 0 radical (unpaired) electrons. The SMILES string of the molecule is O=C(NCC1(O)CCCC1)[C@@H]1CC[C@@]2(S(=O)(=O)c3ccc(F)cc3)c3ccc(C(F)(C(F)(F)F)C(F)(F)F)cc3CC[C@@H]12. The van der Waals surface area contributed by atoms with Gasteiger partial charge in [-0.15, -0.1) is 0 Å². The number of halogens is 8. The van der Waals surface area contributed by atoms with E-state index in [1.54, 1.807) is 0 Å². The first-order valence-electron chi connectivity index (χ1n) is 13.8. The lowest BCUT2D eigenvalue weighted by atomic mass is 9.72. The van der Waals surface area contributed by atoms with Crippen molar-refractivity contribution in [1.82, 2.24) is 5.32 Å². The lowest BCUT2D eigenvalue weighted by molar-refractivity contribution is -0.348. The monoisotopic (exact) mass is 639 g/mol. The summed E-state index contributed by atoms with van der Waals surface area (Å²) in [6.07, 6.45) is -10.7. The van der Waals surface area contributed by atoms with Crippen molar-refractivity contribution in [2.75, 3.05) is 6.54 Å². The summed E-state index contributed by atoms with van der Waals surface area (Å²) < 4.78 is 136. The van der Waals surface area contributed by atoms with Crippen LogP contribution in [0.4, 0.5) is 35.1 Å². The van der Waals surface area contributed by atoms with Crippen LogP contribution < -0.4 is 5.32 Å². The molecule has 2 fully saturated rings. The Morgan fingerprint density at radius 1 is 0.907 bits per heavy atom. The fraction of sp³-hybridized carbons (Fsp3) is 0.552. The minimum Gasteiger partial charge on any atom is -0.388 e. The van der Waals surface area contributed by atoms with Gasteiger partial charge in [-0.3, -0.25) is 4.79 Å². The van der Waals surface area contributed by atoms with Gasteiger partial charge in [-0.1, -0.05) is 31.0 Å². The number of sulfone groups is 1. The highest BCUT2D eigenvalue weighted by Gasteiger charge is 2.74. The molecule has 3 atom stereocenters. The van der Waals surface area contributed by atoms with E-state index in [9.17, 15) is 53.4 Å². The van der Waals surface area contributed by atoms with Crippen LogP contribution in [0.3, 0.4) is 0 Å². The minimum atomic E-state index is -6.35. The molecule has 5 nitrogen and oxygen atoms in total. The predicted octanol–water partition coefficient (Wildman–Crippen LogP) is 6.18. The van der Waals surface area contributed by atoms with Gasteiger partial charge >= 0.3 is 18.0 Å². The highest BCUT2D eigenvalue weighted by molar-refractivity contribution is 7.92. The quantitative estimate of drug-likeness (QED) is 0.292. The molecule has 0 saturated heterocycles. The molecule has 1 amide bonds. The van der Waals surface area contributed by atoms with Gasteiger partial charge in [-0.05, 0) is 79.8 Å². The normalized spacial score (nSPS) is 25.7. The van der Waals surface area contributed by atoms with Crippen molar-refractivity contribution in [3.63, 3.8) is 0 Å². The summed E-state index contributed by atoms with van der Waals surface area (Å²) in [4.78, 5) is 13.1. The summed E-state index contributed by atoms with van der Waals surface area (Å²) >= 11 is 0. The highest BCUT2D eigenvalue weighted by Crippen LogP contribution is 2.60. The molecule has 0 spiro atoms. The summed E-state index contributed by atoms with van der Waals surface area (Å²) in [7, 11) is -4.54. The van der Waals surface area contributed by atoms with Gasteiger partial charge in [-0.25, -0.2) is 17.2 Å². The minimum absolute atomic E-state index is 0.00863. The molecule has 14 heteroatoms. The smallest absolute Gasteiger partial charge is 0.388 e. The van der Waals surface area contributed by atoms with E-state index >= 15 is 0 Å². The molecule has 2 aromatic rings. The maximum Gasteiger partial charge on any atom is 0.435 e. The van der Waals surface area contributed by atoms with E-state index in [4.69, 9.17) is 0 Å². The van der Waals surface area contributed by atoms with Crippen LogP contribution >= 0.6 is 0 Å². The zero-order chi connectivity index (χ0) is 31.6. The number of nitrogens with one attached hydrogen (secondary N) is 1. The molecule has 236 valence electrons. The maximum absolute atomic E-state index is 14.9. The van der Waals surface area contributed by atoms with Crippen LogP contribution in [0.25, 0.3) is 0 Å². The summed E-state index contributed by atoms with van der Waals surface area (Å²) in [6, 6.07) is 5.30. The van der Waals surface area contributed by atoms with E-state index in [0.29, 0.717) is 25.0 Å². The Hall–Kier alpha value is -2.74. The van der Waals surface area contributed by atoms with Crippen LogP contribution in [0.1, 0.15) is 61.6 Å². The number of carbonyl (C=O) groups excluding carboxylic acids is 1. The summed E-state index contributed by atoms with van der Waals surface area (Å²) in [5.74, 6) is -3.15. The zero-order valence-electron chi connectivity index (χ0n) is 22.7. The fourth-order valence-corrected chi connectivity index (χ4v) is 9.76. The number of carbonyl (C=O) groups is 1. The molecule has 2 N–H and O–H groups in total. The zero-order valence-corrected chi connectivity index (χ0v) is 23.5. The van der Waals surface area contributed by atoms with Gasteiger partial charge < -0.3 is 10.4 Å². The molecular weight excluding hydrogens is 610 g/mol. The summed E-state index contributed by atoms with van der Waals surface area (Å²) in [6.45, 7) is -0.0554. The second-order valence-corrected chi connectivity index (χ2v) is 14.0. The molecular formula is C29H29F8NO4S. The molecule has 43 heavy (non-hydrogen) atoms. The first-order chi connectivity index (χ1) is 19.9. The lowest BCUT2D eigenvalue weighted by Gasteiger charge is -2.42. The lowest BCUT2D eigenvalue weighted by Crippen LogP contribution is -2.51. The van der Waals surface area contributed by atoms with Crippen molar-refractivity contribution < 1.29 is 53.4 Å². The average molecular weight is 640 g/mol. The van der Waals surface area contributed by atoms with E-state index in [2.05, 4.69) is 5.32 Å². The van der Waals surface area contributed by atoms with E-state index in [0.717, 1.165) is 43.2 Å². The van der Waals surface area contributed by atoms with Gasteiger partial charge in [0.2, 0.25) is 5.91 Å². The van der Waals surface area contributed by atoms with E-state index < -0.39 is 67.3 Å². The van der Waals surface area contributed by atoms with Crippen molar-refractivity contribution in [3.8, 4) is 0 Å². The van der Waals surface area contributed by atoms with Gasteiger partial charge in [0.05, 0.1) is 10.5 Å². The fourth-order valence-electron chi connectivity index (χ4n) is 7.29. The topological polar surface area (TPSA) is 83.5 Å². The largest absolute Gasteiger partial charge is 0.435 e. The third-order valence-electron chi connectivity index (χ3n) is 9.44. The number of benzene rings is 2. The van der Waals surface area contributed by atoms with Crippen LogP contribution in [0.5, 0.6) is 0 Å². The van der Waals surface area contributed by atoms with Crippen molar-refractivity contribution in [2.24, 2.45) is 11.8 Å². The van der Waals surface area contributed by atoms with Gasteiger partial charge in [0.15, 0.2) is 9.84 Å². The molecule has 2 saturated carbocycles. The second-order valence-electron chi connectivity index (χ2n) is 11.8. The predicted molar refractivity (Wildman–Crippen MR) is 138 cm³/mol. The first kappa shape index (κ1) is 31.7. The summed E-state index contributed by atoms with van der Waals surface area (Å²) in [5, 5.41) is 13.4. The number of rotatable bonds is 6. The van der Waals surface area contributed by atoms with Gasteiger partial charge in [0.25, 0.3) is 0 Å². The van der Waals surface area contributed by atoms with Crippen molar-refractivity contribution in [3.05, 3.63) is 65.0 Å². The average Bonchev–Trinajstić information content (AvgIpc) is 3.55. The third kappa shape index (κ3) is 4.92. The number of hydrogen-bond acceptors (Lipinski definition) is 4. The molecule has 3 aliphatic carbocycles. The van der Waals surface area contributed by atoms with Gasteiger partial charge in [0, 0.05) is 18.0 Å². The molecule has 2 aromatic carbocycles. The third-order valence-corrected chi connectivity index (χ3v) is 12.0. The number of alkyl halides is 7. The van der Waals surface area contributed by atoms with Crippen LogP contribution in [-0.2, 0) is 31.5 Å². The Morgan fingerprint density at radius 3 is 2.09 bits per heavy atom. The second kappa shape index (κ2) is 10.4. The Bertz CT molecular complexity index is 1490. The van der Waals surface area contributed by atoms with E-state index in [1.807, 2.05) is 0 Å². The Labute approximate surface area is 242 Å². The molecule has 0 unspecified atom stereocenters. The number of aryl methyl sites for hydroxylation is 1. The number of fused-ring (bicyclic) bond motifs is 3. The number of amides is 1. The van der Waals surface area contributed by atoms with Crippen molar-refractivity contribution >= 4 is 15.7 Å². The number of hydrogen-bond donors (Lipinski definition) is 2. The highest BCUT2D eigenvalue weighted by atomic mass is 32.2. The standard InChI is InChI=1S/C29H29F8NO4S/c30-19-5-7-20(8-6-19)43(41,42)26-14-11-21(24(39)38-16-25(40)12-1-2-13-25)23(26)9-3-17-15-18(4-10-22(17)26)27(31,28(32,33)34)29(35,36)37/h4-8,10,15,21,23,40H,1-3,9,11-14,16H2,(H,38,39)/t21-,23+,26-/m1/s1. The van der Waals surface area contributed by atoms with Crippen LogP contribution in [0, 0.1) is 17.7 Å². The molecule has 3 aliphatic rings. The maximum atomic E-state index is 14.9. The van der Waals surface area contributed by atoms with Crippen molar-refractivity contribution in [2.45, 2.75) is 84.6 Å². The van der Waals surface area contributed by atoms with Crippen LogP contribution in [0.15, 0.2) is 47.4 Å². The number of aliphatic hydroxyl groups is 1. The summed E-state index contributed by atoms with van der Waals surface area (Å²) in [5.41, 5.74) is -8.86. The molecule has 0 heterocycles. The first-order valence-corrected chi connectivity index (χ1v) is 15.3. The van der Waals surface area contributed by atoms with Crippen LogP contribution in [0.2, 0.25) is 0 Å². The molecule has 0 aliphatic heterocycles. The molecule has 5 rings (SSSR count). The Morgan fingerprint density at radius 2 is 1.51 bits per heavy atom.